The normalized spacial score (nSPS) is 20.8. The SMILES string of the molecule is C[C@@H]1Cc2cc(-c3cn[nH]c3)ccc2[C@@H](c2c(F)cc(NC3CN(CCCF)C3)cc2F)N1CC(F)(F)F. The first-order chi connectivity index (χ1) is 18.1. The van der Waals surface area contributed by atoms with E-state index in [2.05, 4.69) is 15.5 Å². The van der Waals surface area contributed by atoms with Crippen LogP contribution in [0.1, 0.15) is 36.1 Å². The third-order valence-electron chi connectivity index (χ3n) is 7.33. The molecular weight excluding hydrogens is 508 g/mol. The van der Waals surface area contributed by atoms with E-state index < -0.39 is 48.7 Å². The number of nitrogens with zero attached hydrogens (tertiary/aromatic N) is 3. The number of likely N-dealkylation sites (tertiary alicyclic amines) is 1. The van der Waals surface area contributed by atoms with E-state index in [0.717, 1.165) is 33.7 Å². The van der Waals surface area contributed by atoms with Crippen molar-refractivity contribution in [3.05, 3.63) is 71.1 Å². The largest absolute Gasteiger partial charge is 0.401 e. The Morgan fingerprint density at radius 2 is 1.82 bits per heavy atom. The molecule has 0 amide bonds. The van der Waals surface area contributed by atoms with Gasteiger partial charge in [0.2, 0.25) is 0 Å². The number of H-pyrrole nitrogens is 1. The van der Waals surface area contributed by atoms with E-state index in [1.54, 1.807) is 31.5 Å². The summed E-state index contributed by atoms with van der Waals surface area (Å²) in [6.45, 7) is 1.81. The van der Waals surface area contributed by atoms with Gasteiger partial charge in [-0.25, -0.2) is 8.78 Å². The van der Waals surface area contributed by atoms with Crippen molar-refractivity contribution >= 4 is 5.69 Å². The number of aromatic nitrogens is 2. The Hall–Kier alpha value is -3.05. The monoisotopic (exact) mass is 537 g/mol. The summed E-state index contributed by atoms with van der Waals surface area (Å²) in [7, 11) is 0. The number of nitrogens with one attached hydrogen (secondary N) is 2. The maximum atomic E-state index is 15.6. The average molecular weight is 538 g/mol. The molecule has 5 rings (SSSR count). The minimum atomic E-state index is -4.55. The smallest absolute Gasteiger partial charge is 0.380 e. The summed E-state index contributed by atoms with van der Waals surface area (Å²) in [5.41, 5.74) is 2.63. The lowest BCUT2D eigenvalue weighted by molar-refractivity contribution is -0.155. The Balaban J connectivity index is 1.47. The van der Waals surface area contributed by atoms with E-state index in [0.29, 0.717) is 38.0 Å². The highest BCUT2D eigenvalue weighted by molar-refractivity contribution is 5.64. The van der Waals surface area contributed by atoms with Crippen molar-refractivity contribution in [2.24, 2.45) is 0 Å². The molecule has 38 heavy (non-hydrogen) atoms. The van der Waals surface area contributed by atoms with Crippen molar-refractivity contribution in [2.75, 3.05) is 38.2 Å². The Kier molecular flexibility index (Phi) is 7.41. The Morgan fingerprint density at radius 3 is 2.45 bits per heavy atom. The van der Waals surface area contributed by atoms with Crippen molar-refractivity contribution in [1.82, 2.24) is 20.0 Å². The van der Waals surface area contributed by atoms with Gasteiger partial charge >= 0.3 is 6.18 Å². The van der Waals surface area contributed by atoms with E-state index in [4.69, 9.17) is 0 Å². The third-order valence-corrected chi connectivity index (χ3v) is 7.33. The van der Waals surface area contributed by atoms with Crippen LogP contribution in [-0.4, -0.2) is 71.1 Å². The zero-order valence-electron chi connectivity index (χ0n) is 20.8. The fourth-order valence-corrected chi connectivity index (χ4v) is 5.57. The number of anilines is 1. The standard InChI is InChI=1S/C27H29F6N5/c1-16-7-18-8-17(19-11-34-35-12-19)3-4-22(18)26(38(16)15-27(31,32)33)25-23(29)9-20(10-24(25)30)36-21-13-37(14-21)6-2-5-28/h3-4,8-12,16,21,26,36H,2,5-7,13-15H2,1H3,(H,34,35)/t16-,26+/m1/s1. The van der Waals surface area contributed by atoms with Gasteiger partial charge in [0.1, 0.15) is 11.6 Å². The first-order valence-corrected chi connectivity index (χ1v) is 12.6. The van der Waals surface area contributed by atoms with Gasteiger partial charge in [-0.3, -0.25) is 19.3 Å². The summed E-state index contributed by atoms with van der Waals surface area (Å²) in [6, 6.07) is 5.63. The molecule has 2 atom stereocenters. The maximum absolute atomic E-state index is 15.6. The van der Waals surface area contributed by atoms with E-state index >= 15 is 8.78 Å². The quantitative estimate of drug-likeness (QED) is 0.362. The van der Waals surface area contributed by atoms with Crippen molar-refractivity contribution < 1.29 is 26.3 Å². The van der Waals surface area contributed by atoms with Crippen molar-refractivity contribution in [1.29, 1.82) is 0 Å². The predicted octanol–water partition coefficient (Wildman–Crippen LogP) is 5.71. The van der Waals surface area contributed by atoms with Crippen LogP contribution >= 0.6 is 0 Å². The van der Waals surface area contributed by atoms with E-state index in [1.807, 2.05) is 11.0 Å². The number of halogens is 6. The van der Waals surface area contributed by atoms with Gasteiger partial charge in [0.15, 0.2) is 0 Å². The van der Waals surface area contributed by atoms with Gasteiger partial charge in [-0.05, 0) is 48.6 Å². The van der Waals surface area contributed by atoms with Crippen LogP contribution in [0.3, 0.4) is 0 Å². The van der Waals surface area contributed by atoms with E-state index in [-0.39, 0.29) is 11.7 Å². The molecule has 5 nitrogen and oxygen atoms in total. The molecule has 3 aromatic rings. The second-order valence-electron chi connectivity index (χ2n) is 10.1. The van der Waals surface area contributed by atoms with Gasteiger partial charge in [-0.2, -0.15) is 18.3 Å². The highest BCUT2D eigenvalue weighted by atomic mass is 19.4. The van der Waals surface area contributed by atoms with Gasteiger partial charge in [-0.1, -0.05) is 18.2 Å². The predicted molar refractivity (Wildman–Crippen MR) is 133 cm³/mol. The lowest BCUT2D eigenvalue weighted by Gasteiger charge is -2.43. The van der Waals surface area contributed by atoms with Gasteiger partial charge in [0.05, 0.1) is 31.5 Å². The van der Waals surface area contributed by atoms with E-state index in [1.165, 1.54) is 0 Å². The highest BCUT2D eigenvalue weighted by Crippen LogP contribution is 2.43. The third kappa shape index (κ3) is 5.54. The summed E-state index contributed by atoms with van der Waals surface area (Å²) in [5.74, 6) is -1.81. The molecule has 2 aliphatic heterocycles. The molecule has 0 saturated carbocycles. The number of fused-ring (bicyclic) bond motifs is 1. The summed E-state index contributed by atoms with van der Waals surface area (Å²) in [4.78, 5) is 3.16. The number of hydrogen-bond acceptors (Lipinski definition) is 4. The molecule has 2 aliphatic rings. The minimum Gasteiger partial charge on any atom is -0.380 e. The fraction of sp³-hybridized carbons (Fsp3) is 0.444. The molecule has 3 heterocycles. The topological polar surface area (TPSA) is 47.2 Å². The van der Waals surface area contributed by atoms with Crippen molar-refractivity contribution in [3.8, 4) is 11.1 Å². The zero-order valence-corrected chi connectivity index (χ0v) is 20.8. The number of benzene rings is 2. The summed E-state index contributed by atoms with van der Waals surface area (Å²) >= 11 is 0. The first kappa shape index (κ1) is 26.6. The molecule has 204 valence electrons. The molecule has 0 bridgehead atoms. The Morgan fingerprint density at radius 1 is 1.08 bits per heavy atom. The molecule has 2 N–H and O–H groups in total. The minimum absolute atomic E-state index is 0.0437. The van der Waals surface area contributed by atoms with Gasteiger partial charge in [0.25, 0.3) is 0 Å². The fourth-order valence-electron chi connectivity index (χ4n) is 5.57. The number of aromatic amines is 1. The Bertz CT molecular complexity index is 1230. The summed E-state index contributed by atoms with van der Waals surface area (Å²) in [6.07, 6.45) is -0.474. The molecule has 2 aromatic carbocycles. The van der Waals surface area contributed by atoms with Crippen LogP contribution in [0.5, 0.6) is 0 Å². The highest BCUT2D eigenvalue weighted by Gasteiger charge is 2.42. The van der Waals surface area contributed by atoms with E-state index in [9.17, 15) is 17.6 Å². The van der Waals surface area contributed by atoms with Crippen LogP contribution in [-0.2, 0) is 6.42 Å². The molecule has 1 aromatic heterocycles. The molecule has 0 unspecified atom stereocenters. The zero-order chi connectivity index (χ0) is 27.0. The molecule has 11 heteroatoms. The van der Waals surface area contributed by atoms with Crippen LogP contribution in [0.2, 0.25) is 0 Å². The number of alkyl halides is 4. The maximum Gasteiger partial charge on any atom is 0.401 e. The van der Waals surface area contributed by atoms with Gasteiger partial charge < -0.3 is 5.32 Å². The van der Waals surface area contributed by atoms with Crippen LogP contribution in [0.4, 0.5) is 32.0 Å². The lowest BCUT2D eigenvalue weighted by Crippen LogP contribution is -2.54. The van der Waals surface area contributed by atoms with Gasteiger partial charge in [-0.15, -0.1) is 0 Å². The number of rotatable bonds is 8. The first-order valence-electron chi connectivity index (χ1n) is 12.6. The van der Waals surface area contributed by atoms with Crippen molar-refractivity contribution in [3.63, 3.8) is 0 Å². The summed E-state index contributed by atoms with van der Waals surface area (Å²) in [5, 5.41) is 9.75. The lowest BCUT2D eigenvalue weighted by atomic mass is 9.83. The van der Waals surface area contributed by atoms with Crippen LogP contribution in [0, 0.1) is 11.6 Å². The van der Waals surface area contributed by atoms with Crippen LogP contribution < -0.4 is 5.32 Å². The molecule has 1 fully saturated rings. The molecule has 0 radical (unpaired) electrons. The molecule has 1 saturated heterocycles. The second-order valence-corrected chi connectivity index (χ2v) is 10.1. The van der Waals surface area contributed by atoms with Crippen LogP contribution in [0.15, 0.2) is 42.7 Å². The molecular formula is C27H29F6N5. The Labute approximate surface area is 216 Å². The average Bonchev–Trinajstić information content (AvgIpc) is 3.36. The van der Waals surface area contributed by atoms with Crippen molar-refractivity contribution in [2.45, 2.75) is 44.1 Å². The molecule has 0 aliphatic carbocycles. The summed E-state index contributed by atoms with van der Waals surface area (Å²) < 4.78 is 84.4. The van der Waals surface area contributed by atoms with Gasteiger partial charge in [0, 0.05) is 48.7 Å². The van der Waals surface area contributed by atoms with Crippen LogP contribution in [0.25, 0.3) is 11.1 Å². The second kappa shape index (κ2) is 10.6. The number of hydrogen-bond donors (Lipinski definition) is 2. The molecule has 0 spiro atoms.